The van der Waals surface area contributed by atoms with E-state index in [1.165, 1.54) is 5.57 Å². The van der Waals surface area contributed by atoms with Gasteiger partial charge in [-0.05, 0) is 26.2 Å². The van der Waals surface area contributed by atoms with Gasteiger partial charge in [0.15, 0.2) is 0 Å². The molecule has 0 aromatic carbocycles. The fraction of sp³-hybridized carbons (Fsp3) is 0.818. The Balaban J connectivity index is 2.31. The lowest BCUT2D eigenvalue weighted by atomic mass is 9.92. The molecule has 1 aliphatic heterocycles. The van der Waals surface area contributed by atoms with Crippen molar-refractivity contribution < 1.29 is 4.74 Å². The largest absolute Gasteiger partial charge is 0.378 e. The normalized spacial score (nSPS) is 30.4. The molecule has 1 aliphatic rings. The van der Waals surface area contributed by atoms with E-state index in [0.717, 1.165) is 25.9 Å². The van der Waals surface area contributed by atoms with Gasteiger partial charge in [-0.1, -0.05) is 19.1 Å². The predicted molar refractivity (Wildman–Crippen MR) is 55.5 cm³/mol. The molecule has 1 saturated heterocycles. The zero-order valence-electron chi connectivity index (χ0n) is 8.75. The third-order valence-electron chi connectivity index (χ3n) is 2.86. The molecule has 2 N–H and O–H groups in total. The summed E-state index contributed by atoms with van der Waals surface area (Å²) in [5, 5.41) is 0. The number of ether oxygens (including phenoxy) is 1. The molecule has 0 aromatic rings. The van der Waals surface area contributed by atoms with Crippen LogP contribution in [0.1, 0.15) is 33.1 Å². The van der Waals surface area contributed by atoms with E-state index in [-0.39, 0.29) is 6.04 Å². The van der Waals surface area contributed by atoms with Gasteiger partial charge in [0.05, 0.1) is 12.7 Å². The third kappa shape index (κ3) is 3.12. The van der Waals surface area contributed by atoms with Crippen LogP contribution in [-0.4, -0.2) is 18.8 Å². The highest BCUT2D eigenvalue weighted by atomic mass is 16.5. The van der Waals surface area contributed by atoms with Crippen molar-refractivity contribution in [2.75, 3.05) is 6.61 Å². The van der Waals surface area contributed by atoms with Crippen LogP contribution in [0.15, 0.2) is 12.2 Å². The maximum Gasteiger partial charge on any atom is 0.0551 e. The van der Waals surface area contributed by atoms with Gasteiger partial charge >= 0.3 is 0 Å². The van der Waals surface area contributed by atoms with E-state index < -0.39 is 0 Å². The molecule has 3 atom stereocenters. The van der Waals surface area contributed by atoms with Crippen LogP contribution in [0.5, 0.6) is 0 Å². The number of rotatable bonds is 4. The van der Waals surface area contributed by atoms with E-state index in [1.807, 2.05) is 0 Å². The average Bonchev–Trinajstić information content (AvgIpc) is 2.51. The highest BCUT2D eigenvalue weighted by Gasteiger charge is 2.27. The molecule has 1 fully saturated rings. The van der Waals surface area contributed by atoms with E-state index in [0.29, 0.717) is 12.0 Å². The molecule has 0 aromatic heterocycles. The Morgan fingerprint density at radius 3 is 2.85 bits per heavy atom. The molecular weight excluding hydrogens is 162 g/mol. The van der Waals surface area contributed by atoms with Crippen LogP contribution in [0.3, 0.4) is 0 Å². The Morgan fingerprint density at radius 1 is 1.69 bits per heavy atom. The summed E-state index contributed by atoms with van der Waals surface area (Å²) in [6.45, 7) is 9.06. The van der Waals surface area contributed by atoms with Gasteiger partial charge < -0.3 is 10.5 Å². The first-order chi connectivity index (χ1) is 6.13. The molecule has 0 radical (unpaired) electrons. The van der Waals surface area contributed by atoms with Gasteiger partial charge in [0, 0.05) is 12.0 Å². The summed E-state index contributed by atoms with van der Waals surface area (Å²) in [6, 6.07) is 0.248. The quantitative estimate of drug-likeness (QED) is 0.677. The van der Waals surface area contributed by atoms with Crippen LogP contribution >= 0.6 is 0 Å². The molecule has 3 unspecified atom stereocenters. The predicted octanol–water partition coefficient (Wildman–Crippen LogP) is 2.09. The Hall–Kier alpha value is -0.340. The minimum atomic E-state index is 0.248. The zero-order valence-corrected chi connectivity index (χ0v) is 8.75. The van der Waals surface area contributed by atoms with Gasteiger partial charge in [-0.15, -0.1) is 0 Å². The summed E-state index contributed by atoms with van der Waals surface area (Å²) >= 11 is 0. The van der Waals surface area contributed by atoms with Crippen molar-refractivity contribution in [2.24, 2.45) is 11.7 Å². The fourth-order valence-corrected chi connectivity index (χ4v) is 1.79. The summed E-state index contributed by atoms with van der Waals surface area (Å²) in [7, 11) is 0. The van der Waals surface area contributed by atoms with Crippen molar-refractivity contribution >= 4 is 0 Å². The molecule has 2 heteroatoms. The maximum atomic E-state index is 6.08. The molecule has 1 rings (SSSR count). The summed E-state index contributed by atoms with van der Waals surface area (Å²) < 4.78 is 5.49. The third-order valence-corrected chi connectivity index (χ3v) is 2.86. The lowest BCUT2D eigenvalue weighted by molar-refractivity contribution is 0.118. The molecule has 13 heavy (non-hydrogen) atoms. The number of hydrogen-bond acceptors (Lipinski definition) is 2. The Bertz CT molecular complexity index is 179. The molecule has 0 amide bonds. The molecular formula is C11H21NO. The maximum absolute atomic E-state index is 6.08. The first kappa shape index (κ1) is 10.7. The van der Waals surface area contributed by atoms with E-state index in [1.54, 1.807) is 0 Å². The number of nitrogens with two attached hydrogens (primary N) is 1. The molecule has 0 aliphatic carbocycles. The van der Waals surface area contributed by atoms with Crippen LogP contribution in [0.25, 0.3) is 0 Å². The minimum Gasteiger partial charge on any atom is -0.378 e. The Kier molecular flexibility index (Phi) is 3.94. The Morgan fingerprint density at radius 2 is 2.38 bits per heavy atom. The summed E-state index contributed by atoms with van der Waals surface area (Å²) in [5.74, 6) is 0.540. The van der Waals surface area contributed by atoms with E-state index in [4.69, 9.17) is 10.5 Å². The van der Waals surface area contributed by atoms with Crippen molar-refractivity contribution in [3.8, 4) is 0 Å². The Labute approximate surface area is 81.1 Å². The lowest BCUT2D eigenvalue weighted by Crippen LogP contribution is -2.30. The van der Waals surface area contributed by atoms with Crippen molar-refractivity contribution in [2.45, 2.75) is 45.3 Å². The first-order valence-corrected chi connectivity index (χ1v) is 5.17. The highest BCUT2D eigenvalue weighted by molar-refractivity contribution is 4.98. The molecule has 0 spiro atoms. The minimum absolute atomic E-state index is 0.248. The van der Waals surface area contributed by atoms with E-state index in [9.17, 15) is 0 Å². The van der Waals surface area contributed by atoms with Gasteiger partial charge in [-0.3, -0.25) is 0 Å². The van der Waals surface area contributed by atoms with Crippen molar-refractivity contribution in [1.82, 2.24) is 0 Å². The van der Waals surface area contributed by atoms with Gasteiger partial charge in [0.2, 0.25) is 0 Å². The lowest BCUT2D eigenvalue weighted by Gasteiger charge is -2.18. The monoisotopic (exact) mass is 183 g/mol. The highest BCUT2D eigenvalue weighted by Crippen LogP contribution is 2.24. The van der Waals surface area contributed by atoms with E-state index >= 15 is 0 Å². The molecule has 76 valence electrons. The van der Waals surface area contributed by atoms with Crippen LogP contribution in [0, 0.1) is 5.92 Å². The second-order valence-corrected chi connectivity index (χ2v) is 4.11. The molecule has 2 nitrogen and oxygen atoms in total. The van der Waals surface area contributed by atoms with Gasteiger partial charge in [-0.25, -0.2) is 0 Å². The van der Waals surface area contributed by atoms with Crippen LogP contribution < -0.4 is 5.73 Å². The summed E-state index contributed by atoms with van der Waals surface area (Å²) in [5.41, 5.74) is 7.33. The van der Waals surface area contributed by atoms with Crippen molar-refractivity contribution in [1.29, 1.82) is 0 Å². The SMILES string of the molecule is C=C(CC)CC(N)C1COC(C)C1. The molecule has 0 saturated carbocycles. The topological polar surface area (TPSA) is 35.2 Å². The second-order valence-electron chi connectivity index (χ2n) is 4.11. The van der Waals surface area contributed by atoms with Crippen molar-refractivity contribution in [3.05, 3.63) is 12.2 Å². The number of hydrogen-bond donors (Lipinski definition) is 1. The summed E-state index contributed by atoms with van der Waals surface area (Å²) in [6.07, 6.45) is 3.50. The van der Waals surface area contributed by atoms with Crippen LogP contribution in [0.4, 0.5) is 0 Å². The van der Waals surface area contributed by atoms with Crippen LogP contribution in [-0.2, 0) is 4.74 Å². The molecule has 1 heterocycles. The standard InChI is InChI=1S/C11H21NO/c1-4-8(2)5-11(12)10-6-9(3)13-7-10/h9-11H,2,4-7,12H2,1,3H3. The zero-order chi connectivity index (χ0) is 9.84. The summed E-state index contributed by atoms with van der Waals surface area (Å²) in [4.78, 5) is 0. The van der Waals surface area contributed by atoms with E-state index in [2.05, 4.69) is 20.4 Å². The van der Waals surface area contributed by atoms with Crippen LogP contribution in [0.2, 0.25) is 0 Å². The van der Waals surface area contributed by atoms with Gasteiger partial charge in [-0.2, -0.15) is 0 Å². The fourth-order valence-electron chi connectivity index (χ4n) is 1.79. The first-order valence-electron chi connectivity index (χ1n) is 5.17. The average molecular weight is 183 g/mol. The molecule has 0 bridgehead atoms. The second kappa shape index (κ2) is 4.77. The van der Waals surface area contributed by atoms with Gasteiger partial charge in [0.25, 0.3) is 0 Å². The smallest absolute Gasteiger partial charge is 0.0551 e. The van der Waals surface area contributed by atoms with Gasteiger partial charge in [0.1, 0.15) is 0 Å². The van der Waals surface area contributed by atoms with Crippen molar-refractivity contribution in [3.63, 3.8) is 0 Å².